The Hall–Kier alpha value is -3.32. The Morgan fingerprint density at radius 2 is 1.82 bits per heavy atom. The van der Waals surface area contributed by atoms with Crippen LogP contribution in [0.3, 0.4) is 0 Å². The second-order valence-corrected chi connectivity index (χ2v) is 9.49. The first kappa shape index (κ1) is 22.5. The maximum Gasteiger partial charge on any atom is 0.253 e. The van der Waals surface area contributed by atoms with E-state index in [0.717, 1.165) is 35.2 Å². The molecule has 1 fully saturated rings. The highest BCUT2D eigenvalue weighted by molar-refractivity contribution is 5.94. The molecule has 1 atom stereocenters. The molecule has 2 aliphatic rings. The number of amides is 2. The molecule has 1 aromatic heterocycles. The first-order chi connectivity index (χ1) is 16.4. The number of hydrogen-bond donors (Lipinski definition) is 1. The SMILES string of the molecule is COc1ccc2c3c(n(C)c2c1)[C@H](CO)N(C(C)=O)CC31CCN(C(=O)c2ccccc2)CC1. The Labute approximate surface area is 199 Å². The summed E-state index contributed by atoms with van der Waals surface area (Å²) in [5.41, 5.74) is 3.63. The third-order valence-electron chi connectivity index (χ3n) is 7.75. The van der Waals surface area contributed by atoms with Crippen molar-refractivity contribution in [2.45, 2.75) is 31.2 Å². The number of aromatic nitrogens is 1. The molecule has 0 unspecified atom stereocenters. The van der Waals surface area contributed by atoms with E-state index in [1.807, 2.05) is 59.3 Å². The molecule has 0 aliphatic carbocycles. The van der Waals surface area contributed by atoms with Crippen LogP contribution in [-0.4, -0.2) is 64.6 Å². The van der Waals surface area contributed by atoms with Crippen LogP contribution in [0.5, 0.6) is 5.75 Å². The molecule has 0 saturated carbocycles. The van der Waals surface area contributed by atoms with Crippen LogP contribution in [0.25, 0.3) is 10.9 Å². The smallest absolute Gasteiger partial charge is 0.253 e. The van der Waals surface area contributed by atoms with Crippen molar-refractivity contribution < 1.29 is 19.4 Å². The summed E-state index contributed by atoms with van der Waals surface area (Å²) in [6.45, 7) is 3.22. The average Bonchev–Trinajstić information content (AvgIpc) is 3.17. The Balaban J connectivity index is 1.59. The zero-order valence-corrected chi connectivity index (χ0v) is 20.0. The van der Waals surface area contributed by atoms with E-state index in [1.54, 1.807) is 14.0 Å². The Kier molecular flexibility index (Phi) is 5.60. The lowest BCUT2D eigenvalue weighted by Gasteiger charge is -2.50. The number of benzene rings is 2. The fourth-order valence-electron chi connectivity index (χ4n) is 6.00. The van der Waals surface area contributed by atoms with Gasteiger partial charge in [0.1, 0.15) is 5.75 Å². The maximum absolute atomic E-state index is 13.1. The number of aliphatic hydroxyl groups excluding tert-OH is 1. The van der Waals surface area contributed by atoms with Gasteiger partial charge in [-0.05, 0) is 42.7 Å². The fourth-order valence-corrected chi connectivity index (χ4v) is 6.00. The van der Waals surface area contributed by atoms with Gasteiger partial charge in [-0.1, -0.05) is 18.2 Å². The molecule has 5 rings (SSSR count). The number of nitrogens with zero attached hydrogens (tertiary/aromatic N) is 3. The maximum atomic E-state index is 13.1. The van der Waals surface area contributed by atoms with Crippen molar-refractivity contribution in [3.8, 4) is 5.75 Å². The quantitative estimate of drug-likeness (QED) is 0.650. The van der Waals surface area contributed by atoms with E-state index in [-0.39, 0.29) is 23.8 Å². The van der Waals surface area contributed by atoms with E-state index in [0.29, 0.717) is 25.2 Å². The molecule has 1 N–H and O–H groups in total. The van der Waals surface area contributed by atoms with Gasteiger partial charge in [-0.25, -0.2) is 0 Å². The molecular formula is C27H31N3O4. The number of aliphatic hydroxyl groups is 1. The van der Waals surface area contributed by atoms with Gasteiger partial charge in [0.2, 0.25) is 5.91 Å². The van der Waals surface area contributed by atoms with Gasteiger partial charge >= 0.3 is 0 Å². The lowest BCUT2D eigenvalue weighted by molar-refractivity contribution is -0.135. The minimum atomic E-state index is -0.398. The zero-order valence-electron chi connectivity index (χ0n) is 20.0. The van der Waals surface area contributed by atoms with E-state index in [2.05, 4.69) is 10.6 Å². The molecule has 3 heterocycles. The van der Waals surface area contributed by atoms with E-state index < -0.39 is 6.04 Å². The van der Waals surface area contributed by atoms with Gasteiger partial charge in [0.15, 0.2) is 0 Å². The van der Waals surface area contributed by atoms with E-state index in [1.165, 1.54) is 5.56 Å². The number of methoxy groups -OCH3 is 1. The molecule has 2 amide bonds. The first-order valence-electron chi connectivity index (χ1n) is 11.8. The van der Waals surface area contributed by atoms with Crippen molar-refractivity contribution in [2.75, 3.05) is 33.4 Å². The predicted octanol–water partition coefficient (Wildman–Crippen LogP) is 3.26. The van der Waals surface area contributed by atoms with Crippen molar-refractivity contribution in [2.24, 2.45) is 7.05 Å². The van der Waals surface area contributed by atoms with Crippen molar-refractivity contribution in [1.29, 1.82) is 0 Å². The van der Waals surface area contributed by atoms with Crippen LogP contribution in [-0.2, 0) is 17.3 Å². The molecule has 3 aromatic rings. The average molecular weight is 462 g/mol. The fraction of sp³-hybridized carbons (Fsp3) is 0.407. The summed E-state index contributed by atoms with van der Waals surface area (Å²) in [6, 6.07) is 15.1. The van der Waals surface area contributed by atoms with Crippen molar-refractivity contribution in [3.05, 3.63) is 65.4 Å². The van der Waals surface area contributed by atoms with Crippen molar-refractivity contribution in [1.82, 2.24) is 14.4 Å². The molecule has 7 heteroatoms. The molecule has 0 radical (unpaired) electrons. The molecule has 1 spiro atoms. The number of fused-ring (bicyclic) bond motifs is 4. The Morgan fingerprint density at radius 1 is 1.12 bits per heavy atom. The number of piperidine rings is 1. The van der Waals surface area contributed by atoms with Gasteiger partial charge in [-0.15, -0.1) is 0 Å². The second kappa shape index (κ2) is 8.47. The van der Waals surface area contributed by atoms with Crippen LogP contribution >= 0.6 is 0 Å². The van der Waals surface area contributed by atoms with Crippen LogP contribution in [0.15, 0.2) is 48.5 Å². The van der Waals surface area contributed by atoms with Gasteiger partial charge in [0.25, 0.3) is 5.91 Å². The largest absolute Gasteiger partial charge is 0.497 e. The van der Waals surface area contributed by atoms with Crippen LogP contribution in [0.4, 0.5) is 0 Å². The molecule has 1 saturated heterocycles. The third-order valence-corrected chi connectivity index (χ3v) is 7.75. The lowest BCUT2D eigenvalue weighted by Crippen LogP contribution is -2.55. The number of carbonyl (C=O) groups excluding carboxylic acids is 2. The van der Waals surface area contributed by atoms with E-state index in [4.69, 9.17) is 4.74 Å². The Morgan fingerprint density at radius 3 is 2.44 bits per heavy atom. The highest BCUT2D eigenvalue weighted by atomic mass is 16.5. The number of likely N-dealkylation sites (tertiary alicyclic amines) is 1. The molecule has 7 nitrogen and oxygen atoms in total. The summed E-state index contributed by atoms with van der Waals surface area (Å²) in [4.78, 5) is 29.5. The van der Waals surface area contributed by atoms with Crippen LogP contribution < -0.4 is 4.74 Å². The summed E-state index contributed by atoms with van der Waals surface area (Å²) >= 11 is 0. The van der Waals surface area contributed by atoms with Gasteiger partial charge in [0.05, 0.1) is 25.3 Å². The highest BCUT2D eigenvalue weighted by Gasteiger charge is 2.49. The standard InChI is InChI=1S/C27H31N3O4/c1-18(32)30-17-27(11-13-29(14-12-27)26(33)19-7-5-4-6-8-19)24-21-10-9-20(34-3)15-22(21)28(2)25(24)23(30)16-31/h4-10,15,23,31H,11-14,16-17H2,1-3H3/t23-/m0/s1. The number of rotatable bonds is 3. The molecule has 2 aliphatic heterocycles. The van der Waals surface area contributed by atoms with Gasteiger partial charge in [-0.2, -0.15) is 0 Å². The third kappa shape index (κ3) is 3.38. The van der Waals surface area contributed by atoms with Gasteiger partial charge in [-0.3, -0.25) is 9.59 Å². The summed E-state index contributed by atoms with van der Waals surface area (Å²) in [7, 11) is 3.65. The number of aryl methyl sites for hydroxylation is 1. The molecule has 2 aromatic carbocycles. The molecule has 0 bridgehead atoms. The minimum Gasteiger partial charge on any atom is -0.497 e. The monoisotopic (exact) mass is 461 g/mol. The summed E-state index contributed by atoms with van der Waals surface area (Å²) < 4.78 is 7.57. The molecule has 34 heavy (non-hydrogen) atoms. The summed E-state index contributed by atoms with van der Waals surface area (Å²) in [5.74, 6) is 0.771. The van der Waals surface area contributed by atoms with Crippen LogP contribution in [0.1, 0.15) is 47.4 Å². The first-order valence-corrected chi connectivity index (χ1v) is 11.8. The van der Waals surface area contributed by atoms with Gasteiger partial charge < -0.3 is 24.2 Å². The summed E-state index contributed by atoms with van der Waals surface area (Å²) in [6.07, 6.45) is 1.51. The van der Waals surface area contributed by atoms with E-state index in [9.17, 15) is 14.7 Å². The number of ether oxygens (including phenoxy) is 1. The number of carbonyl (C=O) groups is 2. The van der Waals surface area contributed by atoms with Crippen LogP contribution in [0, 0.1) is 0 Å². The minimum absolute atomic E-state index is 0.0466. The molecular weight excluding hydrogens is 430 g/mol. The normalized spacial score (nSPS) is 19.4. The molecule has 178 valence electrons. The second-order valence-electron chi connectivity index (χ2n) is 9.49. The Bertz CT molecular complexity index is 1240. The van der Waals surface area contributed by atoms with Gasteiger partial charge in [0, 0.05) is 61.7 Å². The van der Waals surface area contributed by atoms with Crippen molar-refractivity contribution >= 4 is 22.7 Å². The van der Waals surface area contributed by atoms with Crippen molar-refractivity contribution in [3.63, 3.8) is 0 Å². The van der Waals surface area contributed by atoms with Crippen LogP contribution in [0.2, 0.25) is 0 Å². The zero-order chi connectivity index (χ0) is 24.0. The lowest BCUT2D eigenvalue weighted by atomic mass is 9.68. The summed E-state index contributed by atoms with van der Waals surface area (Å²) in [5, 5.41) is 11.5. The van der Waals surface area contributed by atoms with E-state index >= 15 is 0 Å². The predicted molar refractivity (Wildman–Crippen MR) is 130 cm³/mol. The highest BCUT2D eigenvalue weighted by Crippen LogP contribution is 2.50. The topological polar surface area (TPSA) is 75.0 Å². The number of hydrogen-bond acceptors (Lipinski definition) is 4.